The molecule has 146 valence electrons. The SMILES string of the molecule is COc1ccc2nc(NC(=O)CCCN3C(=S)NC(C)(C)CC3C)sc2c1. The van der Waals surface area contributed by atoms with E-state index in [-0.39, 0.29) is 11.4 Å². The van der Waals surface area contributed by atoms with Crippen LogP contribution in [-0.4, -0.2) is 46.1 Å². The molecule has 0 saturated carbocycles. The Morgan fingerprint density at radius 1 is 1.52 bits per heavy atom. The molecule has 3 rings (SSSR count). The second-order valence-electron chi connectivity index (χ2n) is 7.56. The van der Waals surface area contributed by atoms with Crippen LogP contribution >= 0.6 is 23.6 Å². The molecule has 1 atom stereocenters. The number of amides is 1. The Morgan fingerprint density at radius 2 is 2.30 bits per heavy atom. The van der Waals surface area contributed by atoms with E-state index in [0.717, 1.165) is 40.5 Å². The van der Waals surface area contributed by atoms with Crippen molar-refractivity contribution in [3.05, 3.63) is 18.2 Å². The molecule has 1 aliphatic rings. The van der Waals surface area contributed by atoms with Gasteiger partial charge in [-0.05, 0) is 64.0 Å². The molecule has 1 amide bonds. The average molecular weight is 407 g/mol. The second-order valence-corrected chi connectivity index (χ2v) is 8.98. The highest BCUT2D eigenvalue weighted by atomic mass is 32.1. The van der Waals surface area contributed by atoms with Crippen LogP contribution in [0.25, 0.3) is 10.2 Å². The van der Waals surface area contributed by atoms with Gasteiger partial charge in [0.1, 0.15) is 5.75 Å². The summed E-state index contributed by atoms with van der Waals surface area (Å²) in [5, 5.41) is 7.68. The highest BCUT2D eigenvalue weighted by Gasteiger charge is 2.32. The minimum Gasteiger partial charge on any atom is -0.497 e. The first kappa shape index (κ1) is 19.8. The van der Waals surface area contributed by atoms with Gasteiger partial charge in [0.2, 0.25) is 5.91 Å². The summed E-state index contributed by atoms with van der Waals surface area (Å²) in [6.07, 6.45) is 2.21. The number of ether oxygens (including phenoxy) is 1. The first-order valence-electron chi connectivity index (χ1n) is 9.10. The molecule has 27 heavy (non-hydrogen) atoms. The summed E-state index contributed by atoms with van der Waals surface area (Å²) in [5.74, 6) is 0.761. The quantitative estimate of drug-likeness (QED) is 0.712. The molecule has 0 radical (unpaired) electrons. The lowest BCUT2D eigenvalue weighted by Gasteiger charge is -2.44. The summed E-state index contributed by atoms with van der Waals surface area (Å²) < 4.78 is 6.22. The number of thiazole rings is 1. The number of anilines is 1. The van der Waals surface area contributed by atoms with Crippen LogP contribution < -0.4 is 15.4 Å². The number of carbonyl (C=O) groups is 1. The molecule has 6 nitrogen and oxygen atoms in total. The third-order valence-corrected chi connectivity index (χ3v) is 5.96. The topological polar surface area (TPSA) is 66.5 Å². The van der Waals surface area contributed by atoms with Crippen molar-refractivity contribution >= 4 is 49.9 Å². The van der Waals surface area contributed by atoms with E-state index in [1.807, 2.05) is 18.2 Å². The van der Waals surface area contributed by atoms with Crippen LogP contribution in [0.2, 0.25) is 0 Å². The van der Waals surface area contributed by atoms with Crippen LogP contribution in [0.4, 0.5) is 5.13 Å². The molecule has 0 spiro atoms. The van der Waals surface area contributed by atoms with Crippen molar-refractivity contribution in [1.82, 2.24) is 15.2 Å². The van der Waals surface area contributed by atoms with Gasteiger partial charge in [0, 0.05) is 24.5 Å². The zero-order valence-corrected chi connectivity index (χ0v) is 17.8. The summed E-state index contributed by atoms with van der Waals surface area (Å²) in [6, 6.07) is 6.06. The van der Waals surface area contributed by atoms with Gasteiger partial charge in [-0.1, -0.05) is 11.3 Å². The van der Waals surface area contributed by atoms with E-state index < -0.39 is 0 Å². The van der Waals surface area contributed by atoms with Gasteiger partial charge in [-0.15, -0.1) is 0 Å². The molecule has 1 aliphatic heterocycles. The summed E-state index contributed by atoms with van der Waals surface area (Å²) in [7, 11) is 1.64. The fourth-order valence-electron chi connectivity index (χ4n) is 3.46. The van der Waals surface area contributed by atoms with Crippen molar-refractivity contribution in [1.29, 1.82) is 0 Å². The predicted molar refractivity (Wildman–Crippen MR) is 115 cm³/mol. The maximum Gasteiger partial charge on any atom is 0.226 e. The van der Waals surface area contributed by atoms with Crippen LogP contribution in [0, 0.1) is 0 Å². The van der Waals surface area contributed by atoms with E-state index in [4.69, 9.17) is 17.0 Å². The normalized spacial score (nSPS) is 19.0. The van der Waals surface area contributed by atoms with E-state index in [1.54, 1.807) is 7.11 Å². The Morgan fingerprint density at radius 3 is 3.00 bits per heavy atom. The molecule has 1 saturated heterocycles. The molecule has 1 fully saturated rings. The Hall–Kier alpha value is -1.93. The number of benzene rings is 1. The molecule has 1 unspecified atom stereocenters. The van der Waals surface area contributed by atoms with Gasteiger partial charge in [-0.3, -0.25) is 4.79 Å². The van der Waals surface area contributed by atoms with Gasteiger partial charge in [0.15, 0.2) is 10.2 Å². The molecule has 2 N–H and O–H groups in total. The maximum atomic E-state index is 12.3. The molecule has 8 heteroatoms. The molecule has 1 aromatic carbocycles. The lowest BCUT2D eigenvalue weighted by atomic mass is 9.93. The number of nitrogens with zero attached hydrogens (tertiary/aromatic N) is 2. The molecular formula is C19H26N4O2S2. The number of rotatable bonds is 6. The summed E-state index contributed by atoms with van der Waals surface area (Å²) in [6.45, 7) is 7.28. The number of nitrogens with one attached hydrogen (secondary N) is 2. The van der Waals surface area contributed by atoms with Crippen LogP contribution in [0.1, 0.15) is 40.0 Å². The third-order valence-electron chi connectivity index (χ3n) is 4.69. The average Bonchev–Trinajstić information content (AvgIpc) is 2.97. The van der Waals surface area contributed by atoms with Gasteiger partial charge < -0.3 is 20.3 Å². The van der Waals surface area contributed by atoms with Gasteiger partial charge in [-0.25, -0.2) is 4.98 Å². The predicted octanol–water partition coefficient (Wildman–Crippen LogP) is 3.77. The number of carbonyl (C=O) groups excluding carboxylic acids is 1. The molecule has 2 heterocycles. The van der Waals surface area contributed by atoms with E-state index in [0.29, 0.717) is 17.6 Å². The fourth-order valence-corrected chi connectivity index (χ4v) is 4.92. The second kappa shape index (κ2) is 7.98. The smallest absolute Gasteiger partial charge is 0.226 e. The van der Waals surface area contributed by atoms with Gasteiger partial charge in [0.05, 0.1) is 17.3 Å². The van der Waals surface area contributed by atoms with Crippen molar-refractivity contribution in [2.24, 2.45) is 0 Å². The number of methoxy groups -OCH3 is 1. The number of aromatic nitrogens is 1. The molecule has 0 aliphatic carbocycles. The lowest BCUT2D eigenvalue weighted by molar-refractivity contribution is -0.116. The monoisotopic (exact) mass is 406 g/mol. The van der Waals surface area contributed by atoms with Gasteiger partial charge in [-0.2, -0.15) is 0 Å². The first-order valence-corrected chi connectivity index (χ1v) is 10.3. The first-order chi connectivity index (χ1) is 12.8. The summed E-state index contributed by atoms with van der Waals surface area (Å²) in [5.41, 5.74) is 0.886. The Labute approximate surface area is 169 Å². The zero-order chi connectivity index (χ0) is 19.6. The van der Waals surface area contributed by atoms with Crippen molar-refractivity contribution in [3.8, 4) is 5.75 Å². The summed E-state index contributed by atoms with van der Waals surface area (Å²) in [4.78, 5) is 18.9. The number of hydrogen-bond donors (Lipinski definition) is 2. The Kier molecular flexibility index (Phi) is 5.86. The maximum absolute atomic E-state index is 12.3. The zero-order valence-electron chi connectivity index (χ0n) is 16.2. The molecule has 0 bridgehead atoms. The highest BCUT2D eigenvalue weighted by molar-refractivity contribution is 7.80. The number of thiocarbonyl (C=S) groups is 1. The minimum absolute atomic E-state index is 0.0232. The van der Waals surface area contributed by atoms with E-state index in [2.05, 4.69) is 41.3 Å². The lowest BCUT2D eigenvalue weighted by Crippen LogP contribution is -2.60. The standard InChI is InChI=1S/C19H26N4O2S2/c1-12-11-19(2,3)22-18(26)23(12)9-5-6-16(24)21-17-20-14-8-7-13(25-4)10-15(14)27-17/h7-8,10,12H,5-6,9,11H2,1-4H3,(H,22,26)(H,20,21,24). The summed E-state index contributed by atoms with van der Waals surface area (Å²) >= 11 is 6.94. The molecule has 1 aromatic heterocycles. The van der Waals surface area contributed by atoms with Crippen LogP contribution in [0.15, 0.2) is 18.2 Å². The largest absolute Gasteiger partial charge is 0.497 e. The Balaban J connectivity index is 1.51. The molecule has 2 aromatic rings. The fraction of sp³-hybridized carbons (Fsp3) is 0.526. The van der Waals surface area contributed by atoms with E-state index >= 15 is 0 Å². The van der Waals surface area contributed by atoms with Crippen molar-refractivity contribution in [2.75, 3.05) is 19.0 Å². The van der Waals surface area contributed by atoms with Gasteiger partial charge in [0.25, 0.3) is 0 Å². The number of fused-ring (bicyclic) bond motifs is 1. The minimum atomic E-state index is -0.0232. The highest BCUT2D eigenvalue weighted by Crippen LogP contribution is 2.29. The molecular weight excluding hydrogens is 380 g/mol. The van der Waals surface area contributed by atoms with Gasteiger partial charge >= 0.3 is 0 Å². The van der Waals surface area contributed by atoms with E-state index in [9.17, 15) is 4.79 Å². The van der Waals surface area contributed by atoms with E-state index in [1.165, 1.54) is 11.3 Å². The van der Waals surface area contributed by atoms with Crippen molar-refractivity contribution in [2.45, 2.75) is 51.6 Å². The number of hydrogen-bond acceptors (Lipinski definition) is 5. The Bertz CT molecular complexity index is 849. The van der Waals surface area contributed by atoms with Crippen LogP contribution in [0.5, 0.6) is 5.75 Å². The van der Waals surface area contributed by atoms with Crippen LogP contribution in [-0.2, 0) is 4.79 Å². The van der Waals surface area contributed by atoms with Crippen LogP contribution in [0.3, 0.4) is 0 Å². The van der Waals surface area contributed by atoms with Crippen molar-refractivity contribution in [3.63, 3.8) is 0 Å². The van der Waals surface area contributed by atoms with Crippen molar-refractivity contribution < 1.29 is 9.53 Å². The third kappa shape index (κ3) is 4.87.